The van der Waals surface area contributed by atoms with Crippen LogP contribution in [0.4, 0.5) is 0 Å². The molecule has 0 spiro atoms. The van der Waals surface area contributed by atoms with Gasteiger partial charge in [0.1, 0.15) is 11.4 Å². The van der Waals surface area contributed by atoms with Crippen molar-refractivity contribution in [3.63, 3.8) is 0 Å². The number of halogens is 1. The molecule has 0 saturated carbocycles. The number of carbonyl (C=O) groups is 1. The fourth-order valence-electron chi connectivity index (χ4n) is 2.97. The predicted molar refractivity (Wildman–Crippen MR) is 110 cm³/mol. The zero-order chi connectivity index (χ0) is 19.5. The van der Waals surface area contributed by atoms with Crippen LogP contribution in [0.2, 0.25) is 5.02 Å². The summed E-state index contributed by atoms with van der Waals surface area (Å²) in [6, 6.07) is 24.1. The van der Waals surface area contributed by atoms with Crippen LogP contribution in [0, 0.1) is 0 Å². The van der Waals surface area contributed by atoms with Gasteiger partial charge in [-0.25, -0.2) is 4.68 Å². The van der Waals surface area contributed by atoms with E-state index >= 15 is 0 Å². The van der Waals surface area contributed by atoms with Gasteiger partial charge in [0.2, 0.25) is 5.78 Å². The molecule has 5 heteroatoms. The lowest BCUT2D eigenvalue weighted by Gasteiger charge is -2.04. The van der Waals surface area contributed by atoms with Crippen molar-refractivity contribution in [1.29, 1.82) is 0 Å². The smallest absolute Gasteiger partial charge is 0.213 e. The van der Waals surface area contributed by atoms with E-state index in [1.165, 1.54) is 0 Å². The molecule has 4 aromatic rings. The molecule has 28 heavy (non-hydrogen) atoms. The number of aromatic nitrogens is 2. The minimum absolute atomic E-state index is 0.151. The van der Waals surface area contributed by atoms with Crippen molar-refractivity contribution in [2.75, 3.05) is 7.11 Å². The van der Waals surface area contributed by atoms with Gasteiger partial charge in [0.15, 0.2) is 0 Å². The molecule has 0 amide bonds. The second-order valence-corrected chi connectivity index (χ2v) is 6.67. The Morgan fingerprint density at radius 1 is 0.929 bits per heavy atom. The molecule has 0 aliphatic carbocycles. The van der Waals surface area contributed by atoms with Crippen LogP contribution in [0.3, 0.4) is 0 Å². The maximum Gasteiger partial charge on any atom is 0.213 e. The highest BCUT2D eigenvalue weighted by molar-refractivity contribution is 6.30. The number of hydrogen-bond acceptors (Lipinski definition) is 3. The number of ketones is 1. The van der Waals surface area contributed by atoms with Gasteiger partial charge in [-0.2, -0.15) is 5.10 Å². The third kappa shape index (κ3) is 3.55. The van der Waals surface area contributed by atoms with Crippen molar-refractivity contribution in [1.82, 2.24) is 9.78 Å². The quantitative estimate of drug-likeness (QED) is 0.428. The van der Waals surface area contributed by atoms with Crippen LogP contribution in [0.1, 0.15) is 16.1 Å². The fourth-order valence-corrected chi connectivity index (χ4v) is 3.10. The van der Waals surface area contributed by atoms with Gasteiger partial charge in [0, 0.05) is 22.3 Å². The number of ether oxygens (including phenoxy) is 1. The van der Waals surface area contributed by atoms with E-state index in [-0.39, 0.29) is 5.78 Å². The second-order valence-electron chi connectivity index (χ2n) is 6.24. The Morgan fingerprint density at radius 2 is 1.61 bits per heavy atom. The van der Waals surface area contributed by atoms with E-state index in [1.54, 1.807) is 48.2 Å². The van der Waals surface area contributed by atoms with Gasteiger partial charge in [0.05, 0.1) is 12.8 Å². The number of rotatable bonds is 5. The molecule has 1 aromatic heterocycles. The molecule has 0 atom stereocenters. The van der Waals surface area contributed by atoms with Gasteiger partial charge in [-0.1, -0.05) is 41.9 Å². The Labute approximate surface area is 168 Å². The van der Waals surface area contributed by atoms with Gasteiger partial charge < -0.3 is 4.74 Å². The summed E-state index contributed by atoms with van der Waals surface area (Å²) in [5, 5.41) is 5.24. The van der Waals surface area contributed by atoms with Crippen LogP contribution in [-0.4, -0.2) is 22.7 Å². The van der Waals surface area contributed by atoms with Crippen LogP contribution in [0.25, 0.3) is 16.8 Å². The molecule has 0 radical (unpaired) electrons. The van der Waals surface area contributed by atoms with Gasteiger partial charge in [-0.05, 0) is 54.1 Å². The van der Waals surface area contributed by atoms with Crippen molar-refractivity contribution >= 4 is 17.4 Å². The van der Waals surface area contributed by atoms with Crippen molar-refractivity contribution in [3.8, 4) is 22.6 Å². The Balaban J connectivity index is 1.82. The molecule has 138 valence electrons. The van der Waals surface area contributed by atoms with Crippen LogP contribution < -0.4 is 4.74 Å². The van der Waals surface area contributed by atoms with E-state index in [0.29, 0.717) is 22.0 Å². The van der Waals surface area contributed by atoms with Crippen LogP contribution in [-0.2, 0) is 0 Å². The lowest BCUT2D eigenvalue weighted by atomic mass is 10.0. The number of para-hydroxylation sites is 1. The van der Waals surface area contributed by atoms with Gasteiger partial charge in [0.25, 0.3) is 0 Å². The first kappa shape index (κ1) is 18.0. The normalized spacial score (nSPS) is 10.6. The Bertz CT molecular complexity index is 1100. The van der Waals surface area contributed by atoms with Crippen LogP contribution >= 0.6 is 11.6 Å². The van der Waals surface area contributed by atoms with Gasteiger partial charge >= 0.3 is 0 Å². The largest absolute Gasteiger partial charge is 0.497 e. The Hall–Kier alpha value is -3.37. The highest BCUT2D eigenvalue weighted by atomic mass is 35.5. The highest BCUT2D eigenvalue weighted by Crippen LogP contribution is 2.28. The molecule has 0 N–H and O–H groups in total. The maximum absolute atomic E-state index is 13.2. The lowest BCUT2D eigenvalue weighted by molar-refractivity contribution is 0.103. The molecular formula is C23H17ClN2O2. The molecule has 1 heterocycles. The van der Waals surface area contributed by atoms with E-state index in [0.717, 1.165) is 16.8 Å². The second kappa shape index (κ2) is 7.71. The monoisotopic (exact) mass is 388 g/mol. The van der Waals surface area contributed by atoms with Crippen LogP contribution in [0.15, 0.2) is 85.1 Å². The molecule has 0 saturated heterocycles. The standard InChI is InChI=1S/C23H17ClN2O2/c1-28-20-13-9-17(10-14-20)23(27)22-21(16-7-11-18(24)12-8-16)15-26(25-22)19-5-3-2-4-6-19/h2-15H,1H3. The molecule has 4 nitrogen and oxygen atoms in total. The molecule has 0 fully saturated rings. The van der Waals surface area contributed by atoms with Crippen LogP contribution in [0.5, 0.6) is 5.75 Å². The number of methoxy groups -OCH3 is 1. The van der Waals surface area contributed by atoms with Crippen molar-refractivity contribution in [2.24, 2.45) is 0 Å². The number of carbonyl (C=O) groups excluding carboxylic acids is 1. The summed E-state index contributed by atoms with van der Waals surface area (Å²) in [4.78, 5) is 13.2. The summed E-state index contributed by atoms with van der Waals surface area (Å²) in [6.45, 7) is 0. The zero-order valence-electron chi connectivity index (χ0n) is 15.2. The van der Waals surface area contributed by atoms with E-state index in [9.17, 15) is 4.79 Å². The van der Waals surface area contributed by atoms with E-state index in [1.807, 2.05) is 48.7 Å². The maximum atomic E-state index is 13.2. The Morgan fingerprint density at radius 3 is 2.25 bits per heavy atom. The van der Waals surface area contributed by atoms with Crippen molar-refractivity contribution in [3.05, 3.63) is 101 Å². The minimum atomic E-state index is -0.151. The lowest BCUT2D eigenvalue weighted by Crippen LogP contribution is -2.05. The SMILES string of the molecule is COc1ccc(C(=O)c2nn(-c3ccccc3)cc2-c2ccc(Cl)cc2)cc1. The molecule has 0 unspecified atom stereocenters. The summed E-state index contributed by atoms with van der Waals surface area (Å²) in [5.74, 6) is 0.548. The molecular weight excluding hydrogens is 372 g/mol. The average molecular weight is 389 g/mol. The van der Waals surface area contributed by atoms with Gasteiger partial charge in [-0.3, -0.25) is 4.79 Å². The summed E-state index contributed by atoms with van der Waals surface area (Å²) >= 11 is 6.03. The highest BCUT2D eigenvalue weighted by Gasteiger charge is 2.20. The van der Waals surface area contributed by atoms with Gasteiger partial charge in [-0.15, -0.1) is 0 Å². The van der Waals surface area contributed by atoms with Crippen molar-refractivity contribution in [2.45, 2.75) is 0 Å². The first-order chi connectivity index (χ1) is 13.7. The summed E-state index contributed by atoms with van der Waals surface area (Å²) in [6.07, 6.45) is 1.87. The summed E-state index contributed by atoms with van der Waals surface area (Å²) < 4.78 is 6.90. The van der Waals surface area contributed by atoms with E-state index in [2.05, 4.69) is 5.10 Å². The third-order valence-electron chi connectivity index (χ3n) is 4.46. The molecule has 4 rings (SSSR count). The van der Waals surface area contributed by atoms with E-state index in [4.69, 9.17) is 16.3 Å². The first-order valence-corrected chi connectivity index (χ1v) is 9.13. The third-order valence-corrected chi connectivity index (χ3v) is 4.71. The number of nitrogens with zero attached hydrogens (tertiary/aromatic N) is 2. The molecule has 3 aromatic carbocycles. The Kier molecular flexibility index (Phi) is 4.96. The van der Waals surface area contributed by atoms with E-state index < -0.39 is 0 Å². The predicted octanol–water partition coefficient (Wildman–Crippen LogP) is 5.43. The van der Waals surface area contributed by atoms with Crippen molar-refractivity contribution < 1.29 is 9.53 Å². The topological polar surface area (TPSA) is 44.1 Å². The summed E-state index contributed by atoms with van der Waals surface area (Å²) in [5.41, 5.74) is 3.45. The fraction of sp³-hybridized carbons (Fsp3) is 0.0435. The molecule has 0 aliphatic rings. The number of hydrogen-bond donors (Lipinski definition) is 0. The summed E-state index contributed by atoms with van der Waals surface area (Å²) in [7, 11) is 1.59. The average Bonchev–Trinajstić information content (AvgIpc) is 3.20. The number of benzene rings is 3. The molecule has 0 bridgehead atoms. The zero-order valence-corrected chi connectivity index (χ0v) is 15.9. The first-order valence-electron chi connectivity index (χ1n) is 8.75. The molecule has 0 aliphatic heterocycles. The minimum Gasteiger partial charge on any atom is -0.497 e.